The number of nitrogens with one attached hydrogen (secondary N) is 1. The maximum atomic E-state index is 13.2. The number of benzene rings is 1. The molecule has 3 heterocycles. The van der Waals surface area contributed by atoms with E-state index in [0.717, 1.165) is 45.3 Å². The van der Waals surface area contributed by atoms with Crippen LogP contribution in [0.25, 0.3) is 16.5 Å². The van der Waals surface area contributed by atoms with E-state index in [1.54, 1.807) is 6.20 Å². The maximum Gasteiger partial charge on any atom is 0.162 e. The van der Waals surface area contributed by atoms with Gasteiger partial charge in [0.25, 0.3) is 0 Å². The number of ketones is 1. The first-order valence-electron chi connectivity index (χ1n) is 9.34. The van der Waals surface area contributed by atoms with E-state index in [4.69, 9.17) is 0 Å². The van der Waals surface area contributed by atoms with E-state index in [1.165, 1.54) is 0 Å². The fourth-order valence-corrected chi connectivity index (χ4v) is 4.51. The zero-order valence-corrected chi connectivity index (χ0v) is 15.5. The minimum absolute atomic E-state index is 0.0472. The number of allylic oxidation sites excluding steroid dienone is 1. The Morgan fingerprint density at radius 1 is 1.07 bits per heavy atom. The Morgan fingerprint density at radius 3 is 2.74 bits per heavy atom. The highest BCUT2D eigenvalue weighted by atomic mass is 16.1. The molecule has 1 aliphatic heterocycles. The Labute approximate surface area is 158 Å². The number of anilines is 1. The molecule has 0 saturated carbocycles. The third-order valence-corrected chi connectivity index (χ3v) is 5.61. The van der Waals surface area contributed by atoms with Crippen molar-refractivity contribution >= 4 is 27.9 Å². The van der Waals surface area contributed by atoms with Crippen LogP contribution in [0.4, 0.5) is 5.69 Å². The molecule has 2 aromatic heterocycles. The monoisotopic (exact) mass is 355 g/mol. The standard InChI is InChI=1S/C23H21N3O/c1-23(2)11-16-20-15-6-4-10-25-17(15)7-8-18(20)26-22(21(16)19(27)12-23)14-5-3-9-24-13-14/h3-10,13,22,26H,11-12H2,1-2H3. The van der Waals surface area contributed by atoms with E-state index in [9.17, 15) is 4.79 Å². The minimum atomic E-state index is -0.154. The number of hydrogen-bond donors (Lipinski definition) is 1. The third-order valence-electron chi connectivity index (χ3n) is 5.61. The molecule has 0 radical (unpaired) electrons. The number of carbonyl (C=O) groups excluding carboxylic acids is 1. The summed E-state index contributed by atoms with van der Waals surface area (Å²) < 4.78 is 0. The molecule has 0 spiro atoms. The Hall–Kier alpha value is -3.01. The topological polar surface area (TPSA) is 54.9 Å². The number of Topliss-reactive ketones (excluding diaryl/α,β-unsaturated/α-hetero) is 1. The van der Waals surface area contributed by atoms with Gasteiger partial charge < -0.3 is 5.32 Å². The summed E-state index contributed by atoms with van der Waals surface area (Å²) in [5.41, 5.74) is 6.19. The van der Waals surface area contributed by atoms with Crippen LogP contribution in [0.1, 0.15) is 43.9 Å². The summed E-state index contributed by atoms with van der Waals surface area (Å²) in [4.78, 5) is 22.0. The predicted octanol–water partition coefficient (Wildman–Crippen LogP) is 4.94. The van der Waals surface area contributed by atoms with Gasteiger partial charge in [-0.15, -0.1) is 0 Å². The van der Waals surface area contributed by atoms with Crippen LogP contribution in [-0.2, 0) is 4.79 Å². The summed E-state index contributed by atoms with van der Waals surface area (Å²) in [5, 5.41) is 4.72. The average molecular weight is 355 g/mol. The fourth-order valence-electron chi connectivity index (χ4n) is 4.51. The molecule has 1 N–H and O–H groups in total. The lowest BCUT2D eigenvalue weighted by Gasteiger charge is -2.40. The van der Waals surface area contributed by atoms with Crippen LogP contribution in [0, 0.1) is 5.41 Å². The van der Waals surface area contributed by atoms with Gasteiger partial charge in [0.05, 0.1) is 11.6 Å². The summed E-state index contributed by atoms with van der Waals surface area (Å²) in [6, 6.07) is 12.0. The van der Waals surface area contributed by atoms with Crippen molar-refractivity contribution in [2.45, 2.75) is 32.7 Å². The molecular formula is C23H21N3O. The number of aromatic nitrogens is 2. The van der Waals surface area contributed by atoms with Gasteiger partial charge in [-0.05, 0) is 47.2 Å². The molecule has 0 fully saturated rings. The van der Waals surface area contributed by atoms with Crippen molar-refractivity contribution in [2.75, 3.05) is 5.32 Å². The van der Waals surface area contributed by atoms with Crippen molar-refractivity contribution in [3.8, 4) is 0 Å². The van der Waals surface area contributed by atoms with Crippen molar-refractivity contribution < 1.29 is 4.79 Å². The summed E-state index contributed by atoms with van der Waals surface area (Å²) >= 11 is 0. The van der Waals surface area contributed by atoms with Crippen LogP contribution < -0.4 is 5.32 Å². The van der Waals surface area contributed by atoms with E-state index in [2.05, 4.69) is 41.3 Å². The van der Waals surface area contributed by atoms with Crippen LogP contribution in [0.3, 0.4) is 0 Å². The van der Waals surface area contributed by atoms with Crippen molar-refractivity contribution in [1.82, 2.24) is 9.97 Å². The van der Waals surface area contributed by atoms with Crippen LogP contribution in [-0.4, -0.2) is 15.8 Å². The summed E-state index contributed by atoms with van der Waals surface area (Å²) in [6.45, 7) is 4.36. The van der Waals surface area contributed by atoms with Gasteiger partial charge in [-0.25, -0.2) is 0 Å². The highest BCUT2D eigenvalue weighted by molar-refractivity contribution is 6.12. The number of carbonyl (C=O) groups is 1. The second-order valence-corrected chi connectivity index (χ2v) is 8.26. The zero-order valence-electron chi connectivity index (χ0n) is 15.5. The molecule has 1 unspecified atom stereocenters. The maximum absolute atomic E-state index is 13.2. The van der Waals surface area contributed by atoms with Crippen molar-refractivity contribution in [3.05, 3.63) is 71.7 Å². The number of hydrogen-bond acceptors (Lipinski definition) is 4. The van der Waals surface area contributed by atoms with Gasteiger partial charge in [0.2, 0.25) is 0 Å². The van der Waals surface area contributed by atoms with Crippen LogP contribution in [0.2, 0.25) is 0 Å². The van der Waals surface area contributed by atoms with E-state index in [1.807, 2.05) is 36.7 Å². The Balaban J connectivity index is 1.82. The molecule has 2 aliphatic rings. The van der Waals surface area contributed by atoms with Crippen LogP contribution in [0.5, 0.6) is 0 Å². The third kappa shape index (κ3) is 2.55. The average Bonchev–Trinajstić information content (AvgIpc) is 2.66. The number of rotatable bonds is 1. The summed E-state index contributed by atoms with van der Waals surface area (Å²) in [7, 11) is 0. The lowest BCUT2D eigenvalue weighted by molar-refractivity contribution is -0.118. The molecule has 1 aromatic carbocycles. The van der Waals surface area contributed by atoms with Gasteiger partial charge in [-0.2, -0.15) is 0 Å². The fraction of sp³-hybridized carbons (Fsp3) is 0.261. The molecule has 134 valence electrons. The van der Waals surface area contributed by atoms with E-state index < -0.39 is 0 Å². The van der Waals surface area contributed by atoms with Crippen molar-refractivity contribution in [2.24, 2.45) is 5.41 Å². The predicted molar refractivity (Wildman–Crippen MR) is 107 cm³/mol. The van der Waals surface area contributed by atoms with Gasteiger partial charge in [-0.1, -0.05) is 26.0 Å². The van der Waals surface area contributed by atoms with Crippen LogP contribution >= 0.6 is 0 Å². The summed E-state index contributed by atoms with van der Waals surface area (Å²) in [5.74, 6) is 0.231. The number of nitrogens with zero attached hydrogens (tertiary/aromatic N) is 2. The largest absolute Gasteiger partial charge is 0.373 e. The van der Waals surface area contributed by atoms with Gasteiger partial charge in [-0.3, -0.25) is 14.8 Å². The second-order valence-electron chi connectivity index (χ2n) is 8.26. The normalized spacial score (nSPS) is 20.8. The zero-order chi connectivity index (χ0) is 18.6. The summed E-state index contributed by atoms with van der Waals surface area (Å²) in [6.07, 6.45) is 6.88. The lowest BCUT2D eigenvalue weighted by atomic mass is 9.68. The molecule has 0 saturated heterocycles. The minimum Gasteiger partial charge on any atom is -0.373 e. The molecule has 5 rings (SSSR count). The molecule has 4 heteroatoms. The van der Waals surface area contributed by atoms with E-state index in [-0.39, 0.29) is 17.2 Å². The lowest BCUT2D eigenvalue weighted by Crippen LogP contribution is -2.33. The first kappa shape index (κ1) is 16.2. The molecule has 1 aliphatic carbocycles. The first-order valence-corrected chi connectivity index (χ1v) is 9.34. The van der Waals surface area contributed by atoms with Gasteiger partial charge in [0, 0.05) is 47.2 Å². The SMILES string of the molecule is CC1(C)CC(=O)C2=C(C1)c1c(ccc3ncccc13)NC2c1cccnc1. The van der Waals surface area contributed by atoms with Crippen molar-refractivity contribution in [3.63, 3.8) is 0 Å². The molecule has 0 bridgehead atoms. The molecule has 3 aromatic rings. The van der Waals surface area contributed by atoms with Crippen LogP contribution in [0.15, 0.2) is 60.6 Å². The Morgan fingerprint density at radius 2 is 1.93 bits per heavy atom. The number of fused-ring (bicyclic) bond motifs is 4. The highest BCUT2D eigenvalue weighted by Gasteiger charge is 2.40. The van der Waals surface area contributed by atoms with Gasteiger partial charge >= 0.3 is 0 Å². The Kier molecular flexibility index (Phi) is 3.44. The molecular weight excluding hydrogens is 334 g/mol. The highest BCUT2D eigenvalue weighted by Crippen LogP contribution is 2.51. The van der Waals surface area contributed by atoms with Crippen molar-refractivity contribution in [1.29, 1.82) is 0 Å². The number of pyridine rings is 2. The van der Waals surface area contributed by atoms with E-state index in [0.29, 0.717) is 6.42 Å². The Bertz CT molecular complexity index is 1100. The second kappa shape index (κ2) is 5.74. The van der Waals surface area contributed by atoms with Gasteiger partial charge in [0.1, 0.15) is 0 Å². The smallest absolute Gasteiger partial charge is 0.162 e. The van der Waals surface area contributed by atoms with Gasteiger partial charge in [0.15, 0.2) is 5.78 Å². The molecule has 4 nitrogen and oxygen atoms in total. The quantitative estimate of drug-likeness (QED) is 0.672. The molecule has 1 atom stereocenters. The first-order chi connectivity index (χ1) is 13.0. The molecule has 0 amide bonds. The van der Waals surface area contributed by atoms with E-state index >= 15 is 0 Å². The molecule has 27 heavy (non-hydrogen) atoms.